The van der Waals surface area contributed by atoms with Crippen molar-refractivity contribution in [1.29, 1.82) is 0 Å². The van der Waals surface area contributed by atoms with E-state index in [-0.39, 0.29) is 5.56 Å². The summed E-state index contributed by atoms with van der Waals surface area (Å²) in [7, 11) is 0. The zero-order valence-electron chi connectivity index (χ0n) is 12.6. The van der Waals surface area contributed by atoms with Crippen LogP contribution >= 0.6 is 0 Å². The van der Waals surface area contributed by atoms with Crippen LogP contribution in [0.3, 0.4) is 0 Å². The van der Waals surface area contributed by atoms with Gasteiger partial charge in [-0.1, -0.05) is 12.1 Å². The van der Waals surface area contributed by atoms with Gasteiger partial charge in [-0.25, -0.2) is 14.8 Å². The van der Waals surface area contributed by atoms with Crippen molar-refractivity contribution in [2.24, 2.45) is 0 Å². The molecule has 0 aliphatic heterocycles. The van der Waals surface area contributed by atoms with Crippen molar-refractivity contribution in [3.05, 3.63) is 72.3 Å². The molecule has 2 aromatic carbocycles. The molecule has 1 N–H and O–H groups in total. The zero-order chi connectivity index (χ0) is 16.5. The van der Waals surface area contributed by atoms with E-state index in [0.29, 0.717) is 23.6 Å². The van der Waals surface area contributed by atoms with Crippen molar-refractivity contribution in [3.8, 4) is 11.5 Å². The molecule has 6 heteroatoms. The van der Waals surface area contributed by atoms with Gasteiger partial charge in [-0.2, -0.15) is 0 Å². The molecule has 0 amide bonds. The number of carboxylic acid groups (broad SMARTS) is 1. The van der Waals surface area contributed by atoms with E-state index in [1.807, 2.05) is 29.0 Å². The van der Waals surface area contributed by atoms with Crippen LogP contribution in [0.25, 0.3) is 22.6 Å². The van der Waals surface area contributed by atoms with E-state index < -0.39 is 5.97 Å². The quantitative estimate of drug-likeness (QED) is 0.623. The highest BCUT2D eigenvalue weighted by Crippen LogP contribution is 2.26. The van der Waals surface area contributed by atoms with Crippen LogP contribution in [-0.4, -0.2) is 25.6 Å². The Kier molecular flexibility index (Phi) is 3.35. The van der Waals surface area contributed by atoms with Crippen LogP contribution in [0.4, 0.5) is 0 Å². The molecule has 0 unspecified atom stereocenters. The lowest BCUT2D eigenvalue weighted by atomic mass is 10.1. The molecule has 6 nitrogen and oxygen atoms in total. The minimum atomic E-state index is -0.976. The van der Waals surface area contributed by atoms with E-state index in [9.17, 15) is 4.79 Å². The first kappa shape index (κ1) is 14.2. The molecule has 0 saturated heterocycles. The largest absolute Gasteiger partial charge is 0.478 e. The highest BCUT2D eigenvalue weighted by molar-refractivity contribution is 5.89. The predicted molar refractivity (Wildman–Crippen MR) is 87.7 cm³/mol. The third-order valence-electron chi connectivity index (χ3n) is 3.73. The molecular weight excluding hydrogens is 306 g/mol. The molecule has 2 aromatic heterocycles. The Labute approximate surface area is 137 Å². The number of hydrogen-bond acceptors (Lipinski definition) is 4. The number of carboxylic acids is 1. The molecular formula is C18H13N3O3. The number of benzene rings is 2. The summed E-state index contributed by atoms with van der Waals surface area (Å²) in [6.45, 7) is 0.695. The van der Waals surface area contributed by atoms with Crippen LogP contribution in [0.2, 0.25) is 0 Å². The molecule has 118 valence electrons. The molecule has 0 aliphatic carbocycles. The van der Waals surface area contributed by atoms with Crippen LogP contribution in [0.1, 0.15) is 15.9 Å². The number of aromatic carboxylic acids is 1. The van der Waals surface area contributed by atoms with Gasteiger partial charge < -0.3 is 14.1 Å². The summed E-state index contributed by atoms with van der Waals surface area (Å²) in [5.41, 5.74) is 3.32. The molecule has 0 radical (unpaired) electrons. The number of imidazole rings is 1. The van der Waals surface area contributed by atoms with Crippen LogP contribution in [0.15, 0.2) is 65.6 Å². The molecule has 0 atom stereocenters. The lowest BCUT2D eigenvalue weighted by molar-refractivity contribution is 0.0697. The monoisotopic (exact) mass is 319 g/mol. The van der Waals surface area contributed by atoms with Gasteiger partial charge in [-0.3, -0.25) is 0 Å². The number of fused-ring (bicyclic) bond motifs is 1. The van der Waals surface area contributed by atoms with Crippen molar-refractivity contribution in [1.82, 2.24) is 14.5 Å². The Hall–Kier alpha value is -3.41. The molecule has 4 rings (SSSR count). The Bertz CT molecular complexity index is 1020. The average molecular weight is 319 g/mol. The van der Waals surface area contributed by atoms with Gasteiger partial charge in [-0.05, 0) is 35.9 Å². The minimum absolute atomic E-state index is 0.204. The maximum atomic E-state index is 11.1. The summed E-state index contributed by atoms with van der Waals surface area (Å²) in [6, 6.07) is 12.4. The first-order valence-corrected chi connectivity index (χ1v) is 7.38. The second-order valence-electron chi connectivity index (χ2n) is 5.44. The molecule has 0 aliphatic rings. The Morgan fingerprint density at radius 2 is 2.12 bits per heavy atom. The lowest BCUT2D eigenvalue weighted by Gasteiger charge is -2.01. The van der Waals surface area contributed by atoms with Crippen LogP contribution in [-0.2, 0) is 6.54 Å². The Balaban J connectivity index is 1.70. The first-order chi connectivity index (χ1) is 11.7. The van der Waals surface area contributed by atoms with E-state index >= 15 is 0 Å². The third-order valence-corrected chi connectivity index (χ3v) is 3.73. The fraction of sp³-hybridized carbons (Fsp3) is 0.0556. The van der Waals surface area contributed by atoms with Gasteiger partial charge in [0.15, 0.2) is 5.58 Å². The smallest absolute Gasteiger partial charge is 0.335 e. The molecule has 2 heterocycles. The van der Waals surface area contributed by atoms with Gasteiger partial charge in [0, 0.05) is 24.5 Å². The Morgan fingerprint density at radius 1 is 1.21 bits per heavy atom. The number of oxazole rings is 1. The van der Waals surface area contributed by atoms with E-state index in [1.54, 1.807) is 30.7 Å². The number of nitrogens with zero attached hydrogens (tertiary/aromatic N) is 3. The molecule has 0 bridgehead atoms. The molecule has 0 fully saturated rings. The second-order valence-corrected chi connectivity index (χ2v) is 5.44. The number of aromatic nitrogens is 3. The van der Waals surface area contributed by atoms with Crippen molar-refractivity contribution in [2.45, 2.75) is 6.54 Å². The summed E-state index contributed by atoms with van der Waals surface area (Å²) in [6.07, 6.45) is 5.39. The molecule has 24 heavy (non-hydrogen) atoms. The highest BCUT2D eigenvalue weighted by Gasteiger charge is 2.11. The number of rotatable bonds is 4. The summed E-state index contributed by atoms with van der Waals surface area (Å²) >= 11 is 0. The summed E-state index contributed by atoms with van der Waals surface area (Å²) in [4.78, 5) is 19.6. The maximum absolute atomic E-state index is 11.1. The normalized spacial score (nSPS) is 11.0. The first-order valence-electron chi connectivity index (χ1n) is 7.38. The predicted octanol–water partition coefficient (Wildman–Crippen LogP) is 3.44. The third kappa shape index (κ3) is 2.65. The van der Waals surface area contributed by atoms with Crippen molar-refractivity contribution >= 4 is 17.1 Å². The van der Waals surface area contributed by atoms with Gasteiger partial charge in [0.1, 0.15) is 5.52 Å². The van der Waals surface area contributed by atoms with Crippen molar-refractivity contribution in [2.75, 3.05) is 0 Å². The second kappa shape index (κ2) is 5.66. The fourth-order valence-electron chi connectivity index (χ4n) is 2.57. The van der Waals surface area contributed by atoms with Gasteiger partial charge in [0.2, 0.25) is 5.89 Å². The topological polar surface area (TPSA) is 81.1 Å². The zero-order valence-corrected chi connectivity index (χ0v) is 12.6. The lowest BCUT2D eigenvalue weighted by Crippen LogP contribution is -1.95. The average Bonchev–Trinajstić information content (AvgIpc) is 3.24. The van der Waals surface area contributed by atoms with E-state index in [2.05, 4.69) is 9.97 Å². The summed E-state index contributed by atoms with van der Waals surface area (Å²) in [5.74, 6) is -0.566. The minimum Gasteiger partial charge on any atom is -0.478 e. The van der Waals surface area contributed by atoms with Gasteiger partial charge >= 0.3 is 5.97 Å². The van der Waals surface area contributed by atoms with Crippen LogP contribution in [0.5, 0.6) is 0 Å². The van der Waals surface area contributed by atoms with Gasteiger partial charge in [0.25, 0.3) is 0 Å². The van der Waals surface area contributed by atoms with Crippen molar-refractivity contribution < 1.29 is 14.3 Å². The maximum Gasteiger partial charge on any atom is 0.335 e. The SMILES string of the molecule is O=C(O)c1cccc(-c2nc3ccc(Cn4ccnc4)cc3o2)c1. The number of hydrogen-bond donors (Lipinski definition) is 1. The molecule has 0 saturated carbocycles. The van der Waals surface area contributed by atoms with Gasteiger partial charge in [0.05, 0.1) is 11.9 Å². The van der Waals surface area contributed by atoms with Crippen LogP contribution < -0.4 is 0 Å². The van der Waals surface area contributed by atoms with Crippen LogP contribution in [0, 0.1) is 0 Å². The number of carbonyl (C=O) groups is 1. The fourth-order valence-corrected chi connectivity index (χ4v) is 2.57. The summed E-state index contributed by atoms with van der Waals surface area (Å²) in [5, 5.41) is 9.10. The molecule has 0 spiro atoms. The standard InChI is InChI=1S/C18H13N3O3/c22-18(23)14-3-1-2-13(9-14)17-20-15-5-4-12(8-16(15)24-17)10-21-7-6-19-11-21/h1-9,11H,10H2,(H,22,23). The Morgan fingerprint density at radius 3 is 2.92 bits per heavy atom. The highest BCUT2D eigenvalue weighted by atomic mass is 16.4. The van der Waals surface area contributed by atoms with E-state index in [4.69, 9.17) is 9.52 Å². The molecule has 4 aromatic rings. The van der Waals surface area contributed by atoms with E-state index in [1.165, 1.54) is 6.07 Å². The van der Waals surface area contributed by atoms with Gasteiger partial charge in [-0.15, -0.1) is 0 Å². The van der Waals surface area contributed by atoms with Crippen molar-refractivity contribution in [3.63, 3.8) is 0 Å². The summed E-state index contributed by atoms with van der Waals surface area (Å²) < 4.78 is 7.79. The van der Waals surface area contributed by atoms with E-state index in [0.717, 1.165) is 11.1 Å².